The molecule has 1 N–H and O–H groups in total. The number of nitrogens with one attached hydrogen (secondary N) is 1. The van der Waals surface area contributed by atoms with E-state index in [1.807, 2.05) is 31.3 Å². The van der Waals surface area contributed by atoms with E-state index >= 15 is 0 Å². The summed E-state index contributed by atoms with van der Waals surface area (Å²) < 4.78 is 6.90. The fraction of sp³-hybridized carbons (Fsp3) is 0.333. The third kappa shape index (κ3) is 2.22. The molecule has 5 nitrogen and oxygen atoms in total. The van der Waals surface area contributed by atoms with Crippen molar-refractivity contribution in [3.05, 3.63) is 30.1 Å². The summed E-state index contributed by atoms with van der Waals surface area (Å²) in [6.45, 7) is 2.57. The Kier molecular flexibility index (Phi) is 3.26. The van der Waals surface area contributed by atoms with Crippen molar-refractivity contribution in [1.29, 1.82) is 5.26 Å². The van der Waals surface area contributed by atoms with E-state index in [1.54, 1.807) is 11.5 Å². The molecule has 0 aliphatic heterocycles. The van der Waals surface area contributed by atoms with Gasteiger partial charge in [-0.05, 0) is 19.1 Å². The van der Waals surface area contributed by atoms with Crippen LogP contribution in [0.5, 0.6) is 0 Å². The molecule has 0 amide bonds. The van der Waals surface area contributed by atoms with Crippen LogP contribution in [0.25, 0.3) is 5.65 Å². The van der Waals surface area contributed by atoms with Gasteiger partial charge in [-0.1, -0.05) is 6.07 Å². The number of methoxy groups -OCH3 is 1. The summed E-state index contributed by atoms with van der Waals surface area (Å²) in [5.41, 5.74) is 1.28. The van der Waals surface area contributed by atoms with Gasteiger partial charge in [0, 0.05) is 19.9 Å². The average Bonchev–Trinajstić information content (AvgIpc) is 2.73. The quantitative estimate of drug-likeness (QED) is 0.867. The van der Waals surface area contributed by atoms with E-state index in [0.717, 1.165) is 5.65 Å². The normalized spacial score (nSPS) is 12.3. The minimum absolute atomic E-state index is 0.0753. The van der Waals surface area contributed by atoms with Crippen LogP contribution in [0.2, 0.25) is 0 Å². The maximum atomic E-state index is 9.15. The predicted molar refractivity (Wildman–Crippen MR) is 64.9 cm³/mol. The molecule has 2 heterocycles. The molecule has 0 saturated heterocycles. The van der Waals surface area contributed by atoms with Gasteiger partial charge in [-0.2, -0.15) is 5.26 Å². The third-order valence-electron chi connectivity index (χ3n) is 2.60. The highest BCUT2D eigenvalue weighted by Crippen LogP contribution is 2.16. The number of pyridine rings is 1. The molecule has 88 valence electrons. The molecule has 0 aliphatic carbocycles. The van der Waals surface area contributed by atoms with Crippen LogP contribution in [-0.2, 0) is 4.74 Å². The fourth-order valence-electron chi connectivity index (χ4n) is 1.55. The molecular formula is C12H14N4O. The lowest BCUT2D eigenvalue weighted by Crippen LogP contribution is -2.18. The van der Waals surface area contributed by atoms with Gasteiger partial charge in [0.1, 0.15) is 11.7 Å². The number of rotatable bonds is 4. The molecular weight excluding hydrogens is 216 g/mol. The Bertz CT molecular complexity index is 555. The Morgan fingerprint density at radius 2 is 2.41 bits per heavy atom. The van der Waals surface area contributed by atoms with E-state index in [4.69, 9.17) is 10.00 Å². The van der Waals surface area contributed by atoms with Crippen molar-refractivity contribution < 1.29 is 4.74 Å². The highest BCUT2D eigenvalue weighted by Gasteiger charge is 2.11. The lowest BCUT2D eigenvalue weighted by Gasteiger charge is -2.09. The molecule has 5 heteroatoms. The monoisotopic (exact) mass is 230 g/mol. The van der Waals surface area contributed by atoms with Crippen LogP contribution < -0.4 is 5.32 Å². The highest BCUT2D eigenvalue weighted by molar-refractivity contribution is 5.58. The van der Waals surface area contributed by atoms with Crippen molar-refractivity contribution in [2.75, 3.05) is 19.0 Å². The van der Waals surface area contributed by atoms with Crippen molar-refractivity contribution in [1.82, 2.24) is 9.38 Å². The van der Waals surface area contributed by atoms with Gasteiger partial charge in [-0.3, -0.25) is 4.40 Å². The molecule has 0 bridgehead atoms. The lowest BCUT2D eigenvalue weighted by atomic mass is 10.4. The van der Waals surface area contributed by atoms with Crippen LogP contribution in [-0.4, -0.2) is 29.1 Å². The van der Waals surface area contributed by atoms with Crippen LogP contribution in [0.1, 0.15) is 12.6 Å². The Morgan fingerprint density at radius 1 is 1.59 bits per heavy atom. The number of imidazole rings is 1. The van der Waals surface area contributed by atoms with E-state index in [1.165, 1.54) is 0 Å². The first-order chi connectivity index (χ1) is 8.26. The van der Waals surface area contributed by atoms with Crippen LogP contribution in [0, 0.1) is 11.3 Å². The van der Waals surface area contributed by atoms with Gasteiger partial charge < -0.3 is 10.1 Å². The number of hydrogen-bond acceptors (Lipinski definition) is 4. The number of anilines is 1. The SMILES string of the molecule is COC(C)CNc1nc2ccccn2c1C#N. The minimum Gasteiger partial charge on any atom is -0.380 e. The second-order valence-electron chi connectivity index (χ2n) is 3.78. The molecule has 0 aliphatic rings. The van der Waals surface area contributed by atoms with E-state index in [-0.39, 0.29) is 6.10 Å². The van der Waals surface area contributed by atoms with Gasteiger partial charge in [-0.15, -0.1) is 0 Å². The van der Waals surface area contributed by atoms with Gasteiger partial charge in [-0.25, -0.2) is 4.98 Å². The molecule has 1 atom stereocenters. The lowest BCUT2D eigenvalue weighted by molar-refractivity contribution is 0.128. The van der Waals surface area contributed by atoms with Gasteiger partial charge in [0.05, 0.1) is 6.10 Å². The van der Waals surface area contributed by atoms with Gasteiger partial charge in [0.2, 0.25) is 0 Å². The Labute approximate surface area is 99.6 Å². The molecule has 17 heavy (non-hydrogen) atoms. The molecule has 2 aromatic heterocycles. The number of hydrogen-bond donors (Lipinski definition) is 1. The van der Waals surface area contributed by atoms with Gasteiger partial charge >= 0.3 is 0 Å². The maximum absolute atomic E-state index is 9.15. The minimum atomic E-state index is 0.0753. The summed E-state index contributed by atoms with van der Waals surface area (Å²) in [5, 5.41) is 12.3. The molecule has 1 unspecified atom stereocenters. The largest absolute Gasteiger partial charge is 0.380 e. The zero-order chi connectivity index (χ0) is 12.3. The summed E-state index contributed by atoms with van der Waals surface area (Å²) in [5.74, 6) is 0.600. The molecule has 2 aromatic rings. The predicted octanol–water partition coefficient (Wildman–Crippen LogP) is 1.65. The topological polar surface area (TPSA) is 62.4 Å². The summed E-state index contributed by atoms with van der Waals surface area (Å²) in [7, 11) is 1.65. The average molecular weight is 230 g/mol. The Balaban J connectivity index is 2.31. The zero-order valence-electron chi connectivity index (χ0n) is 9.84. The van der Waals surface area contributed by atoms with Crippen LogP contribution >= 0.6 is 0 Å². The van der Waals surface area contributed by atoms with Crippen molar-refractivity contribution >= 4 is 11.5 Å². The summed E-state index contributed by atoms with van der Waals surface area (Å²) >= 11 is 0. The van der Waals surface area contributed by atoms with E-state index < -0.39 is 0 Å². The smallest absolute Gasteiger partial charge is 0.168 e. The van der Waals surface area contributed by atoms with Crippen LogP contribution in [0.3, 0.4) is 0 Å². The first kappa shape index (κ1) is 11.4. The molecule has 0 aromatic carbocycles. The number of ether oxygens (including phenoxy) is 1. The second kappa shape index (κ2) is 4.85. The first-order valence-electron chi connectivity index (χ1n) is 5.40. The number of aromatic nitrogens is 2. The van der Waals surface area contributed by atoms with Gasteiger partial charge in [0.25, 0.3) is 0 Å². The van der Waals surface area contributed by atoms with E-state index in [9.17, 15) is 0 Å². The summed E-state index contributed by atoms with van der Waals surface area (Å²) in [6, 6.07) is 7.79. The van der Waals surface area contributed by atoms with Crippen molar-refractivity contribution in [2.45, 2.75) is 13.0 Å². The Hall–Kier alpha value is -2.06. The number of fused-ring (bicyclic) bond motifs is 1. The molecule has 0 saturated carbocycles. The van der Waals surface area contributed by atoms with E-state index in [2.05, 4.69) is 16.4 Å². The Morgan fingerprint density at radius 3 is 3.12 bits per heavy atom. The van der Waals surface area contributed by atoms with Crippen molar-refractivity contribution in [2.24, 2.45) is 0 Å². The number of nitrogens with zero attached hydrogens (tertiary/aromatic N) is 3. The van der Waals surface area contributed by atoms with Gasteiger partial charge in [0.15, 0.2) is 11.5 Å². The van der Waals surface area contributed by atoms with Crippen LogP contribution in [0.15, 0.2) is 24.4 Å². The maximum Gasteiger partial charge on any atom is 0.168 e. The highest BCUT2D eigenvalue weighted by atomic mass is 16.5. The third-order valence-corrected chi connectivity index (χ3v) is 2.60. The van der Waals surface area contributed by atoms with Crippen molar-refractivity contribution in [3.63, 3.8) is 0 Å². The second-order valence-corrected chi connectivity index (χ2v) is 3.78. The van der Waals surface area contributed by atoms with Crippen LogP contribution in [0.4, 0.5) is 5.82 Å². The molecule has 0 spiro atoms. The first-order valence-corrected chi connectivity index (χ1v) is 5.40. The van der Waals surface area contributed by atoms with Crippen molar-refractivity contribution in [3.8, 4) is 6.07 Å². The van der Waals surface area contributed by atoms with E-state index in [0.29, 0.717) is 18.1 Å². The summed E-state index contributed by atoms with van der Waals surface area (Å²) in [4.78, 5) is 4.36. The molecule has 0 radical (unpaired) electrons. The zero-order valence-corrected chi connectivity index (χ0v) is 9.84. The number of nitriles is 1. The molecule has 0 fully saturated rings. The summed E-state index contributed by atoms with van der Waals surface area (Å²) in [6.07, 6.45) is 1.90. The molecule has 2 rings (SSSR count). The fourth-order valence-corrected chi connectivity index (χ4v) is 1.55. The standard InChI is InChI=1S/C12H14N4O/c1-9(17-2)8-14-12-10(7-13)16-6-4-3-5-11(16)15-12/h3-6,9,14H,8H2,1-2H3.